The van der Waals surface area contributed by atoms with Crippen LogP contribution in [-0.4, -0.2) is 33.7 Å². The molecule has 0 aliphatic rings. The summed E-state index contributed by atoms with van der Waals surface area (Å²) in [5.41, 5.74) is 0.953. The molecule has 1 amide bonds. The Morgan fingerprint density at radius 3 is 2.32 bits per heavy atom. The van der Waals surface area contributed by atoms with Gasteiger partial charge in [-0.3, -0.25) is 4.79 Å². The number of hydrogen-bond donors (Lipinski definition) is 1. The molecular formula is C16H22F3NO4S. The van der Waals surface area contributed by atoms with Crippen LogP contribution in [0.25, 0.3) is 0 Å². The number of halogens is 3. The molecule has 0 fully saturated rings. The molecule has 142 valence electrons. The number of benzene rings is 1. The van der Waals surface area contributed by atoms with Gasteiger partial charge in [0.05, 0.1) is 17.9 Å². The second kappa shape index (κ2) is 7.74. The summed E-state index contributed by atoms with van der Waals surface area (Å²) >= 11 is 0. The molecule has 0 aliphatic carbocycles. The molecule has 0 unspecified atom stereocenters. The molecule has 0 heterocycles. The summed E-state index contributed by atoms with van der Waals surface area (Å²) in [5.74, 6) is -0.928. The Morgan fingerprint density at radius 2 is 1.80 bits per heavy atom. The highest BCUT2D eigenvalue weighted by Crippen LogP contribution is 2.26. The number of rotatable bonds is 6. The molecule has 0 aromatic heterocycles. The van der Waals surface area contributed by atoms with E-state index in [2.05, 4.69) is 4.74 Å². The van der Waals surface area contributed by atoms with E-state index in [4.69, 9.17) is 0 Å². The number of carbonyl (C=O) groups excluding carboxylic acids is 1. The zero-order valence-electron chi connectivity index (χ0n) is 14.5. The predicted octanol–water partition coefficient (Wildman–Crippen LogP) is 3.07. The first kappa shape index (κ1) is 21.4. The number of carbonyl (C=O) groups is 1. The summed E-state index contributed by atoms with van der Waals surface area (Å²) in [4.78, 5) is 11.7. The lowest BCUT2D eigenvalue weighted by molar-refractivity contribution is -0.174. The Kier molecular flexibility index (Phi) is 6.63. The van der Waals surface area contributed by atoms with Gasteiger partial charge in [0.1, 0.15) is 6.61 Å². The fraction of sp³-hybridized carbons (Fsp3) is 0.562. The van der Waals surface area contributed by atoms with Crippen molar-refractivity contribution < 1.29 is 31.1 Å². The maximum Gasteiger partial charge on any atom is 0.411 e. The Labute approximate surface area is 145 Å². The van der Waals surface area contributed by atoms with Gasteiger partial charge < -0.3 is 4.74 Å². The van der Waals surface area contributed by atoms with Gasteiger partial charge in [-0.15, -0.1) is 0 Å². The zero-order chi connectivity index (χ0) is 19.5. The second-order valence-electron chi connectivity index (χ2n) is 6.68. The largest absolute Gasteiger partial charge is 0.411 e. The third-order valence-corrected chi connectivity index (χ3v) is 4.85. The zero-order valence-corrected chi connectivity index (χ0v) is 15.3. The molecule has 1 rings (SSSR count). The van der Waals surface area contributed by atoms with Crippen LogP contribution in [-0.2, 0) is 25.0 Å². The molecule has 1 aromatic rings. The second-order valence-corrected chi connectivity index (χ2v) is 8.33. The van der Waals surface area contributed by atoms with E-state index in [1.54, 1.807) is 19.1 Å². The number of ether oxygens (including phenoxy) is 1. The van der Waals surface area contributed by atoms with Gasteiger partial charge in [-0.1, -0.05) is 32.9 Å². The smallest absolute Gasteiger partial charge is 0.372 e. The molecule has 25 heavy (non-hydrogen) atoms. The van der Waals surface area contributed by atoms with E-state index in [1.807, 2.05) is 25.5 Å². The van der Waals surface area contributed by atoms with Crippen molar-refractivity contribution in [2.24, 2.45) is 0 Å². The Morgan fingerprint density at radius 1 is 1.20 bits per heavy atom. The first-order valence-electron chi connectivity index (χ1n) is 7.54. The topological polar surface area (TPSA) is 72.5 Å². The number of amides is 1. The fourth-order valence-electron chi connectivity index (χ4n) is 1.96. The monoisotopic (exact) mass is 381 g/mol. The first-order valence-corrected chi connectivity index (χ1v) is 9.02. The average Bonchev–Trinajstić information content (AvgIpc) is 2.41. The van der Waals surface area contributed by atoms with Crippen LogP contribution in [0.1, 0.15) is 38.3 Å². The highest BCUT2D eigenvalue weighted by Gasteiger charge is 2.28. The fourth-order valence-corrected chi connectivity index (χ4v) is 3.25. The van der Waals surface area contributed by atoms with Gasteiger partial charge >= 0.3 is 6.18 Å². The Balaban J connectivity index is 2.80. The van der Waals surface area contributed by atoms with E-state index in [9.17, 15) is 26.4 Å². The number of alkyl halides is 3. The molecule has 1 aromatic carbocycles. The number of hydrogen-bond acceptors (Lipinski definition) is 4. The summed E-state index contributed by atoms with van der Waals surface area (Å²) in [6.45, 7) is 5.35. The molecule has 0 bridgehead atoms. The Bertz CT molecular complexity index is 722. The maximum atomic E-state index is 12.4. The minimum absolute atomic E-state index is 0.0375. The van der Waals surface area contributed by atoms with Crippen molar-refractivity contribution in [1.29, 1.82) is 0 Å². The van der Waals surface area contributed by atoms with Gasteiger partial charge in [-0.2, -0.15) is 13.2 Å². The van der Waals surface area contributed by atoms with Crippen molar-refractivity contribution in [3.05, 3.63) is 29.3 Å². The van der Waals surface area contributed by atoms with Crippen molar-refractivity contribution in [3.63, 3.8) is 0 Å². The molecule has 0 aliphatic heterocycles. The maximum absolute atomic E-state index is 12.4. The molecule has 9 heteroatoms. The third kappa shape index (κ3) is 7.03. The Hall–Kier alpha value is -1.61. The van der Waals surface area contributed by atoms with E-state index in [-0.39, 0.29) is 10.3 Å². The standard InChI is InChI=1S/C16H22F3NO4S/c1-11-5-6-12(15(2,3)4)9-13(11)25(22,23)20-14(21)7-8-24-10-16(17,18)19/h5-6,9H,7-8,10H2,1-4H3,(H,20,21). The van der Waals surface area contributed by atoms with Crippen molar-refractivity contribution in [3.8, 4) is 0 Å². The summed E-state index contributed by atoms with van der Waals surface area (Å²) < 4.78 is 66.7. The third-order valence-electron chi connectivity index (χ3n) is 3.33. The van der Waals surface area contributed by atoms with E-state index in [0.717, 1.165) is 5.56 Å². The van der Waals surface area contributed by atoms with Crippen LogP contribution in [0.2, 0.25) is 0 Å². The molecule has 0 radical (unpaired) electrons. The van der Waals surface area contributed by atoms with E-state index in [0.29, 0.717) is 5.56 Å². The van der Waals surface area contributed by atoms with Gasteiger partial charge in [0, 0.05) is 0 Å². The number of nitrogens with one attached hydrogen (secondary N) is 1. The quantitative estimate of drug-likeness (QED) is 0.769. The highest BCUT2D eigenvalue weighted by atomic mass is 32.2. The minimum atomic E-state index is -4.49. The van der Waals surface area contributed by atoms with Crippen molar-refractivity contribution in [2.45, 2.75) is 50.6 Å². The average molecular weight is 381 g/mol. The van der Waals surface area contributed by atoms with Gasteiger partial charge in [-0.05, 0) is 29.5 Å². The molecule has 0 atom stereocenters. The normalized spacial score (nSPS) is 12.9. The van der Waals surface area contributed by atoms with E-state index in [1.165, 1.54) is 6.07 Å². The molecule has 0 spiro atoms. The van der Waals surface area contributed by atoms with Crippen molar-refractivity contribution in [2.75, 3.05) is 13.2 Å². The predicted molar refractivity (Wildman–Crippen MR) is 86.7 cm³/mol. The molecule has 0 saturated heterocycles. The first-order chi connectivity index (χ1) is 11.2. The van der Waals surface area contributed by atoms with E-state index >= 15 is 0 Å². The van der Waals surface area contributed by atoms with Gasteiger partial charge in [-0.25, -0.2) is 13.1 Å². The van der Waals surface area contributed by atoms with Crippen LogP contribution < -0.4 is 4.72 Å². The molecular weight excluding hydrogens is 359 g/mol. The van der Waals surface area contributed by atoms with Crippen LogP contribution in [0, 0.1) is 6.92 Å². The summed E-state index contributed by atoms with van der Waals surface area (Å²) in [7, 11) is -4.12. The lowest BCUT2D eigenvalue weighted by atomic mass is 9.87. The van der Waals surface area contributed by atoms with Crippen LogP contribution in [0.5, 0.6) is 0 Å². The SMILES string of the molecule is Cc1ccc(C(C)(C)C)cc1S(=O)(=O)NC(=O)CCOCC(F)(F)F. The number of aryl methyl sites for hydroxylation is 1. The van der Waals surface area contributed by atoms with Crippen molar-refractivity contribution >= 4 is 15.9 Å². The highest BCUT2D eigenvalue weighted by molar-refractivity contribution is 7.90. The lowest BCUT2D eigenvalue weighted by Crippen LogP contribution is -2.32. The summed E-state index contributed by atoms with van der Waals surface area (Å²) in [6.07, 6.45) is -4.99. The van der Waals surface area contributed by atoms with Crippen LogP contribution in [0.4, 0.5) is 13.2 Å². The van der Waals surface area contributed by atoms with E-state index < -0.39 is 41.7 Å². The lowest BCUT2D eigenvalue weighted by Gasteiger charge is -2.20. The molecule has 5 nitrogen and oxygen atoms in total. The molecule has 1 N–H and O–H groups in total. The molecule has 0 saturated carbocycles. The van der Waals surface area contributed by atoms with Crippen LogP contribution >= 0.6 is 0 Å². The minimum Gasteiger partial charge on any atom is -0.372 e. The van der Waals surface area contributed by atoms with Crippen molar-refractivity contribution in [1.82, 2.24) is 4.72 Å². The van der Waals surface area contributed by atoms with Crippen LogP contribution in [0.15, 0.2) is 23.1 Å². The summed E-state index contributed by atoms with van der Waals surface area (Å²) in [6, 6.07) is 4.94. The van der Waals surface area contributed by atoms with Gasteiger partial charge in [0.15, 0.2) is 0 Å². The number of sulfonamides is 1. The van der Waals surface area contributed by atoms with Gasteiger partial charge in [0.25, 0.3) is 10.0 Å². The van der Waals surface area contributed by atoms with Crippen LogP contribution in [0.3, 0.4) is 0 Å². The summed E-state index contributed by atoms with van der Waals surface area (Å²) in [5, 5.41) is 0. The van der Waals surface area contributed by atoms with Gasteiger partial charge in [0.2, 0.25) is 5.91 Å².